The highest BCUT2D eigenvalue weighted by Crippen LogP contribution is 2.21. The molecule has 0 saturated heterocycles. The van der Waals surface area contributed by atoms with Crippen molar-refractivity contribution in [1.29, 1.82) is 0 Å². The van der Waals surface area contributed by atoms with Crippen LogP contribution in [-0.4, -0.2) is 11.7 Å². The number of hydrogen-bond acceptors (Lipinski definition) is 2. The van der Waals surface area contributed by atoms with Crippen LogP contribution in [0.3, 0.4) is 0 Å². The second kappa shape index (κ2) is 3.19. The van der Waals surface area contributed by atoms with Gasteiger partial charge in [0.1, 0.15) is 10.9 Å². The van der Waals surface area contributed by atoms with Crippen molar-refractivity contribution in [2.75, 3.05) is 7.11 Å². The lowest BCUT2D eigenvalue weighted by molar-refractivity contribution is 0.409. The van der Waals surface area contributed by atoms with E-state index in [1.54, 1.807) is 14.0 Å². The summed E-state index contributed by atoms with van der Waals surface area (Å²) in [5.74, 6) is 0.531. The van der Waals surface area contributed by atoms with Crippen molar-refractivity contribution in [2.24, 2.45) is 7.05 Å². The lowest BCUT2D eigenvalue weighted by Crippen LogP contribution is -2.17. The minimum absolute atomic E-state index is 0.164. The van der Waals surface area contributed by atoms with Gasteiger partial charge in [0.15, 0.2) is 0 Å². The molecular weight excluding hydrogens is 178 g/mol. The third-order valence-electron chi connectivity index (χ3n) is 1.78. The maximum Gasteiger partial charge on any atom is 0.255 e. The molecule has 4 heteroatoms. The van der Waals surface area contributed by atoms with E-state index in [4.69, 9.17) is 16.3 Å². The molecular formula is C8H10ClNO2. The maximum absolute atomic E-state index is 11.2. The summed E-state index contributed by atoms with van der Waals surface area (Å²) >= 11 is 5.85. The topological polar surface area (TPSA) is 31.2 Å². The van der Waals surface area contributed by atoms with Gasteiger partial charge in [-0.25, -0.2) is 0 Å². The Labute approximate surface area is 75.5 Å². The number of rotatable bonds is 1. The summed E-state index contributed by atoms with van der Waals surface area (Å²) in [7, 11) is 3.13. The molecule has 0 atom stereocenters. The van der Waals surface area contributed by atoms with Gasteiger partial charge in [0.2, 0.25) is 0 Å². The fraction of sp³-hybridized carbons (Fsp3) is 0.375. The molecule has 0 bridgehead atoms. The van der Waals surface area contributed by atoms with E-state index in [9.17, 15) is 4.79 Å². The molecule has 1 heterocycles. The average molecular weight is 188 g/mol. The van der Waals surface area contributed by atoms with E-state index < -0.39 is 0 Å². The number of halogens is 1. The van der Waals surface area contributed by atoms with Gasteiger partial charge in [-0.3, -0.25) is 4.79 Å². The molecule has 1 aromatic heterocycles. The van der Waals surface area contributed by atoms with Crippen molar-refractivity contribution in [3.63, 3.8) is 0 Å². The van der Waals surface area contributed by atoms with Gasteiger partial charge in [-0.1, -0.05) is 11.6 Å². The fourth-order valence-electron chi connectivity index (χ4n) is 0.979. The van der Waals surface area contributed by atoms with Gasteiger partial charge >= 0.3 is 0 Å². The third kappa shape index (κ3) is 1.32. The molecule has 3 nitrogen and oxygen atoms in total. The van der Waals surface area contributed by atoms with Gasteiger partial charge in [-0.15, -0.1) is 0 Å². The minimum atomic E-state index is -0.164. The normalized spacial score (nSPS) is 10.0. The molecule has 0 N–H and O–H groups in total. The maximum atomic E-state index is 11.2. The van der Waals surface area contributed by atoms with Gasteiger partial charge in [0.05, 0.1) is 7.11 Å². The molecule has 66 valence electrons. The van der Waals surface area contributed by atoms with Gasteiger partial charge in [0.25, 0.3) is 5.56 Å². The second-order valence-electron chi connectivity index (χ2n) is 2.53. The third-order valence-corrected chi connectivity index (χ3v) is 2.32. The Morgan fingerprint density at radius 2 is 2.17 bits per heavy atom. The largest absolute Gasteiger partial charge is 0.496 e. The van der Waals surface area contributed by atoms with Crippen molar-refractivity contribution >= 4 is 11.6 Å². The van der Waals surface area contributed by atoms with Crippen LogP contribution in [-0.2, 0) is 7.05 Å². The highest BCUT2D eigenvalue weighted by molar-refractivity contribution is 6.30. The molecule has 0 radical (unpaired) electrons. The van der Waals surface area contributed by atoms with Gasteiger partial charge in [-0.05, 0) is 6.92 Å². The molecule has 12 heavy (non-hydrogen) atoms. The van der Waals surface area contributed by atoms with E-state index in [0.29, 0.717) is 10.9 Å². The predicted octanol–water partition coefficient (Wildman–Crippen LogP) is 1.36. The lowest BCUT2D eigenvalue weighted by atomic mass is 10.3. The summed E-state index contributed by atoms with van der Waals surface area (Å²) in [6.07, 6.45) is 0. The van der Waals surface area contributed by atoms with E-state index in [0.717, 1.165) is 5.56 Å². The summed E-state index contributed by atoms with van der Waals surface area (Å²) in [6, 6.07) is 1.42. The Bertz CT molecular complexity index is 357. The van der Waals surface area contributed by atoms with Crippen LogP contribution in [0.4, 0.5) is 0 Å². The summed E-state index contributed by atoms with van der Waals surface area (Å²) in [5.41, 5.74) is 0.615. The van der Waals surface area contributed by atoms with Crippen LogP contribution in [0.1, 0.15) is 5.56 Å². The average Bonchev–Trinajstić information content (AvgIpc) is 2.08. The number of methoxy groups -OCH3 is 1. The van der Waals surface area contributed by atoms with E-state index >= 15 is 0 Å². The number of ether oxygens (including phenoxy) is 1. The number of pyridine rings is 1. The first kappa shape index (κ1) is 9.13. The predicted molar refractivity (Wildman–Crippen MR) is 48.0 cm³/mol. The summed E-state index contributed by atoms with van der Waals surface area (Å²) in [5, 5.41) is 0.416. The van der Waals surface area contributed by atoms with Crippen LogP contribution in [0.25, 0.3) is 0 Å². The highest BCUT2D eigenvalue weighted by atomic mass is 35.5. The monoisotopic (exact) mass is 187 g/mol. The molecule has 0 aliphatic carbocycles. The molecule has 0 saturated carbocycles. The summed E-state index contributed by atoms with van der Waals surface area (Å²) in [4.78, 5) is 11.2. The zero-order valence-corrected chi connectivity index (χ0v) is 7.97. The molecule has 0 unspecified atom stereocenters. The second-order valence-corrected chi connectivity index (χ2v) is 2.88. The van der Waals surface area contributed by atoms with Gasteiger partial charge in [-0.2, -0.15) is 0 Å². The number of hydrogen-bond donors (Lipinski definition) is 0. The standard InChI is InChI=1S/C8H10ClNO2/c1-5-6(12-3)4-7(11)10(2)8(5)9/h4H,1-3H3. The van der Waals surface area contributed by atoms with Gasteiger partial charge in [0, 0.05) is 18.7 Å². The smallest absolute Gasteiger partial charge is 0.255 e. The van der Waals surface area contributed by atoms with Crippen LogP contribution in [0.5, 0.6) is 5.75 Å². The fourth-order valence-corrected chi connectivity index (χ4v) is 1.16. The lowest BCUT2D eigenvalue weighted by Gasteiger charge is -2.08. The molecule has 0 amide bonds. The van der Waals surface area contributed by atoms with Crippen LogP contribution in [0.15, 0.2) is 10.9 Å². The van der Waals surface area contributed by atoms with Crippen molar-refractivity contribution in [2.45, 2.75) is 6.92 Å². The molecule has 1 aromatic rings. The molecule has 1 rings (SSSR count). The zero-order valence-electron chi connectivity index (χ0n) is 7.22. The van der Waals surface area contributed by atoms with E-state index in [1.807, 2.05) is 0 Å². The number of nitrogens with zero attached hydrogens (tertiary/aromatic N) is 1. The molecule has 0 spiro atoms. The van der Waals surface area contributed by atoms with E-state index in [1.165, 1.54) is 17.7 Å². The van der Waals surface area contributed by atoms with E-state index in [2.05, 4.69) is 0 Å². The Balaban J connectivity index is 3.50. The SMILES string of the molecule is COc1cc(=O)n(C)c(Cl)c1C. The molecule has 0 aromatic carbocycles. The van der Waals surface area contributed by atoms with Crippen molar-refractivity contribution in [3.8, 4) is 5.75 Å². The first-order valence-corrected chi connectivity index (χ1v) is 3.86. The van der Waals surface area contributed by atoms with Crippen LogP contribution >= 0.6 is 11.6 Å². The Morgan fingerprint density at radius 3 is 2.67 bits per heavy atom. The number of aromatic nitrogens is 1. The summed E-state index contributed by atoms with van der Waals surface area (Å²) < 4.78 is 6.34. The molecule has 0 aliphatic heterocycles. The van der Waals surface area contributed by atoms with Crippen molar-refractivity contribution in [3.05, 3.63) is 27.1 Å². The first-order valence-electron chi connectivity index (χ1n) is 3.48. The Kier molecular flexibility index (Phi) is 2.43. The van der Waals surface area contributed by atoms with Crippen molar-refractivity contribution in [1.82, 2.24) is 4.57 Å². The molecule has 0 fully saturated rings. The van der Waals surface area contributed by atoms with Crippen LogP contribution in [0, 0.1) is 6.92 Å². The Morgan fingerprint density at radius 1 is 1.58 bits per heavy atom. The van der Waals surface area contributed by atoms with Crippen LogP contribution in [0.2, 0.25) is 5.15 Å². The van der Waals surface area contributed by atoms with Gasteiger partial charge < -0.3 is 9.30 Å². The highest BCUT2D eigenvalue weighted by Gasteiger charge is 2.07. The zero-order chi connectivity index (χ0) is 9.30. The minimum Gasteiger partial charge on any atom is -0.496 e. The molecule has 0 aliphatic rings. The quantitative estimate of drug-likeness (QED) is 0.622. The van der Waals surface area contributed by atoms with Crippen molar-refractivity contribution < 1.29 is 4.74 Å². The van der Waals surface area contributed by atoms with Crippen LogP contribution < -0.4 is 10.3 Å². The summed E-state index contributed by atoms with van der Waals surface area (Å²) in [6.45, 7) is 1.81. The first-order chi connectivity index (χ1) is 5.57. The van der Waals surface area contributed by atoms with E-state index in [-0.39, 0.29) is 5.56 Å². The Hall–Kier alpha value is -0.960.